The number of benzene rings is 1. The van der Waals surface area contributed by atoms with Crippen LogP contribution in [0.1, 0.15) is 12.0 Å². The Morgan fingerprint density at radius 3 is 2.50 bits per heavy atom. The highest BCUT2D eigenvalue weighted by atomic mass is 14.0. The second kappa shape index (κ2) is 3.40. The van der Waals surface area contributed by atoms with Gasteiger partial charge in [0.15, 0.2) is 0 Å². The van der Waals surface area contributed by atoms with Crippen LogP contribution in [0, 0.1) is 6.42 Å². The van der Waals surface area contributed by atoms with Crippen LogP contribution in [0.3, 0.4) is 0 Å². The average molecular weight is 155 g/mol. The molecule has 1 aliphatic rings. The highest BCUT2D eigenvalue weighted by Crippen LogP contribution is 2.19. The Bertz CT molecular complexity index is 304. The van der Waals surface area contributed by atoms with Crippen LogP contribution in [0.4, 0.5) is 0 Å². The van der Waals surface area contributed by atoms with Gasteiger partial charge in [-0.25, -0.2) is 0 Å². The molecule has 1 aromatic carbocycles. The molecule has 0 amide bonds. The lowest BCUT2D eigenvalue weighted by molar-refractivity contribution is 1.27. The van der Waals surface area contributed by atoms with Crippen molar-refractivity contribution in [3.05, 3.63) is 60.5 Å². The first-order valence-corrected chi connectivity index (χ1v) is 4.22. The fraction of sp³-hybridized carbons (Fsp3) is 0.0833. The minimum absolute atomic E-state index is 1.07. The highest BCUT2D eigenvalue weighted by molar-refractivity contribution is 5.75. The van der Waals surface area contributed by atoms with Gasteiger partial charge in [-0.05, 0) is 24.0 Å². The van der Waals surface area contributed by atoms with E-state index in [0.717, 1.165) is 6.42 Å². The molecule has 1 radical (unpaired) electrons. The zero-order valence-corrected chi connectivity index (χ0v) is 6.90. The molecule has 1 aliphatic carbocycles. The normalized spacial score (nSPS) is 15.8. The van der Waals surface area contributed by atoms with Crippen molar-refractivity contribution in [3.63, 3.8) is 0 Å². The second-order valence-corrected chi connectivity index (χ2v) is 2.86. The van der Waals surface area contributed by atoms with Crippen molar-refractivity contribution in [2.75, 3.05) is 0 Å². The monoisotopic (exact) mass is 155 g/mol. The summed E-state index contributed by atoms with van der Waals surface area (Å²) in [6.45, 7) is 0. The fourth-order valence-corrected chi connectivity index (χ4v) is 1.35. The molecule has 0 fully saturated rings. The van der Waals surface area contributed by atoms with E-state index in [1.54, 1.807) is 0 Å². The third-order valence-corrected chi connectivity index (χ3v) is 1.97. The van der Waals surface area contributed by atoms with Crippen LogP contribution in [0.25, 0.3) is 5.57 Å². The van der Waals surface area contributed by atoms with Crippen LogP contribution in [-0.4, -0.2) is 0 Å². The number of hydrogen-bond donors (Lipinski definition) is 0. The Kier molecular flexibility index (Phi) is 2.08. The van der Waals surface area contributed by atoms with E-state index in [4.69, 9.17) is 0 Å². The van der Waals surface area contributed by atoms with Crippen molar-refractivity contribution in [2.45, 2.75) is 6.42 Å². The Morgan fingerprint density at radius 2 is 1.83 bits per heavy atom. The largest absolute Gasteiger partial charge is 0.0833 e. The summed E-state index contributed by atoms with van der Waals surface area (Å²) in [5.74, 6) is 0. The summed E-state index contributed by atoms with van der Waals surface area (Å²) in [6, 6.07) is 10.4. The third-order valence-electron chi connectivity index (χ3n) is 1.97. The van der Waals surface area contributed by atoms with E-state index in [1.807, 2.05) is 6.07 Å². The maximum atomic E-state index is 2.18. The first kappa shape index (κ1) is 7.35. The predicted octanol–water partition coefficient (Wildman–Crippen LogP) is 3.23. The molecule has 0 saturated heterocycles. The molecule has 12 heavy (non-hydrogen) atoms. The topological polar surface area (TPSA) is 0 Å². The van der Waals surface area contributed by atoms with Crippen LogP contribution in [0.15, 0.2) is 48.6 Å². The average Bonchev–Trinajstić information content (AvgIpc) is 2.21. The fourth-order valence-electron chi connectivity index (χ4n) is 1.35. The lowest BCUT2D eigenvalue weighted by Gasteiger charge is -2.05. The molecular weight excluding hydrogens is 144 g/mol. The number of rotatable bonds is 1. The molecular formula is C12H11. The van der Waals surface area contributed by atoms with Crippen LogP contribution >= 0.6 is 0 Å². The van der Waals surface area contributed by atoms with Crippen LogP contribution in [-0.2, 0) is 0 Å². The van der Waals surface area contributed by atoms with E-state index in [0.29, 0.717) is 0 Å². The van der Waals surface area contributed by atoms with Gasteiger partial charge in [-0.2, -0.15) is 0 Å². The molecule has 0 saturated carbocycles. The number of allylic oxidation sites excluding steroid dienone is 4. The van der Waals surface area contributed by atoms with Crippen molar-refractivity contribution < 1.29 is 0 Å². The van der Waals surface area contributed by atoms with Crippen molar-refractivity contribution in [2.24, 2.45) is 0 Å². The van der Waals surface area contributed by atoms with E-state index in [-0.39, 0.29) is 0 Å². The van der Waals surface area contributed by atoms with Gasteiger partial charge in [0.05, 0.1) is 0 Å². The zero-order valence-electron chi connectivity index (χ0n) is 6.90. The third kappa shape index (κ3) is 1.48. The van der Waals surface area contributed by atoms with Gasteiger partial charge in [-0.3, -0.25) is 0 Å². The summed E-state index contributed by atoms with van der Waals surface area (Å²) >= 11 is 0. The molecule has 0 N–H and O–H groups in total. The first-order chi connectivity index (χ1) is 5.97. The van der Waals surface area contributed by atoms with E-state index in [1.165, 1.54) is 11.1 Å². The standard InChI is InChI=1S/C12H11/c1-3-7-11(8-4-1)12-9-5-2-6-10-12/h1,3-10H,2H2. The Hall–Kier alpha value is -1.30. The van der Waals surface area contributed by atoms with Crippen molar-refractivity contribution >= 4 is 5.57 Å². The maximum absolute atomic E-state index is 2.18. The van der Waals surface area contributed by atoms with Gasteiger partial charge in [-0.1, -0.05) is 48.6 Å². The second-order valence-electron chi connectivity index (χ2n) is 2.86. The van der Waals surface area contributed by atoms with Crippen molar-refractivity contribution in [3.8, 4) is 0 Å². The number of hydrogen-bond acceptors (Lipinski definition) is 0. The molecule has 0 spiro atoms. The predicted molar refractivity (Wildman–Crippen MR) is 52.5 cm³/mol. The zero-order chi connectivity index (χ0) is 8.23. The molecule has 0 bridgehead atoms. The smallest absolute Gasteiger partial charge is 0.0123 e. The summed E-state index contributed by atoms with van der Waals surface area (Å²) < 4.78 is 0. The molecule has 0 aromatic heterocycles. The molecule has 2 rings (SSSR count). The molecule has 59 valence electrons. The quantitative estimate of drug-likeness (QED) is 0.584. The van der Waals surface area contributed by atoms with Crippen molar-refractivity contribution in [1.29, 1.82) is 0 Å². The summed E-state index contributed by atoms with van der Waals surface area (Å²) in [5, 5.41) is 0. The van der Waals surface area contributed by atoms with Crippen molar-refractivity contribution in [1.82, 2.24) is 0 Å². The first-order valence-electron chi connectivity index (χ1n) is 4.22. The molecule has 0 heteroatoms. The Balaban J connectivity index is 2.31. The summed E-state index contributed by atoms with van der Waals surface area (Å²) in [6.07, 6.45) is 9.78. The van der Waals surface area contributed by atoms with Gasteiger partial charge in [0.2, 0.25) is 0 Å². The molecule has 0 atom stereocenters. The lowest BCUT2D eigenvalue weighted by atomic mass is 10.00. The Morgan fingerprint density at radius 1 is 1.00 bits per heavy atom. The SMILES string of the molecule is [CH]1C=C(c2ccccc2)C=CC1. The van der Waals surface area contributed by atoms with Gasteiger partial charge in [0.1, 0.15) is 0 Å². The highest BCUT2D eigenvalue weighted by Gasteiger charge is 1.98. The summed E-state index contributed by atoms with van der Waals surface area (Å²) in [4.78, 5) is 0. The summed E-state index contributed by atoms with van der Waals surface area (Å²) in [5.41, 5.74) is 2.60. The minimum atomic E-state index is 1.07. The van der Waals surface area contributed by atoms with Gasteiger partial charge in [0.25, 0.3) is 0 Å². The molecule has 0 unspecified atom stereocenters. The van der Waals surface area contributed by atoms with E-state index in [9.17, 15) is 0 Å². The molecule has 1 aromatic rings. The van der Waals surface area contributed by atoms with Crippen LogP contribution in [0.2, 0.25) is 0 Å². The summed E-state index contributed by atoms with van der Waals surface area (Å²) in [7, 11) is 0. The maximum Gasteiger partial charge on any atom is -0.0123 e. The minimum Gasteiger partial charge on any atom is -0.0833 e. The van der Waals surface area contributed by atoms with E-state index in [2.05, 4.69) is 48.9 Å². The van der Waals surface area contributed by atoms with E-state index < -0.39 is 0 Å². The van der Waals surface area contributed by atoms with Gasteiger partial charge < -0.3 is 0 Å². The van der Waals surface area contributed by atoms with Gasteiger partial charge in [0, 0.05) is 0 Å². The van der Waals surface area contributed by atoms with Crippen LogP contribution in [0.5, 0.6) is 0 Å². The van der Waals surface area contributed by atoms with Crippen LogP contribution < -0.4 is 0 Å². The van der Waals surface area contributed by atoms with Gasteiger partial charge in [-0.15, -0.1) is 0 Å². The molecule has 0 nitrogen and oxygen atoms in total. The lowest BCUT2D eigenvalue weighted by Crippen LogP contribution is -1.84. The van der Waals surface area contributed by atoms with E-state index >= 15 is 0 Å². The molecule has 0 aliphatic heterocycles. The molecule has 0 heterocycles. The Labute approximate surface area is 73.2 Å². The van der Waals surface area contributed by atoms with Gasteiger partial charge >= 0.3 is 0 Å².